The van der Waals surface area contributed by atoms with Crippen molar-refractivity contribution in [2.24, 2.45) is 0 Å². The molecule has 0 aliphatic carbocycles. The second kappa shape index (κ2) is 7.25. The highest BCUT2D eigenvalue weighted by molar-refractivity contribution is 5.89. The van der Waals surface area contributed by atoms with Gasteiger partial charge < -0.3 is 20.6 Å². The van der Waals surface area contributed by atoms with Crippen molar-refractivity contribution in [3.63, 3.8) is 0 Å². The third-order valence-electron chi connectivity index (χ3n) is 2.86. The molecule has 7 nitrogen and oxygen atoms in total. The van der Waals surface area contributed by atoms with Gasteiger partial charge in [-0.25, -0.2) is 4.79 Å². The Labute approximate surface area is 120 Å². The van der Waals surface area contributed by atoms with E-state index in [9.17, 15) is 4.79 Å². The van der Waals surface area contributed by atoms with Gasteiger partial charge >= 0.3 is 6.03 Å². The van der Waals surface area contributed by atoms with E-state index in [1.807, 2.05) is 27.9 Å². The van der Waals surface area contributed by atoms with Crippen molar-refractivity contribution >= 4 is 11.7 Å². The Morgan fingerprint density at radius 2 is 2.20 bits per heavy atom. The molecule has 0 aromatic carbocycles. The molecular formula is C13H25N5O2. The van der Waals surface area contributed by atoms with Crippen molar-refractivity contribution in [2.45, 2.75) is 32.4 Å². The van der Waals surface area contributed by atoms with Crippen molar-refractivity contribution in [3.8, 4) is 0 Å². The molecule has 0 bridgehead atoms. The zero-order chi connectivity index (χ0) is 15.2. The third kappa shape index (κ3) is 6.03. The second-order valence-corrected chi connectivity index (χ2v) is 5.73. The van der Waals surface area contributed by atoms with Crippen molar-refractivity contribution in [1.82, 2.24) is 20.0 Å². The molecule has 1 rings (SSSR count). The molecular weight excluding hydrogens is 258 g/mol. The van der Waals surface area contributed by atoms with E-state index in [0.29, 0.717) is 12.1 Å². The number of hydrogen-bond donors (Lipinski definition) is 3. The zero-order valence-electron chi connectivity index (χ0n) is 12.7. The van der Waals surface area contributed by atoms with Crippen molar-refractivity contribution in [1.29, 1.82) is 0 Å². The number of anilines is 1. The maximum Gasteiger partial charge on any atom is 0.319 e. The highest BCUT2D eigenvalue weighted by Crippen LogP contribution is 2.09. The van der Waals surface area contributed by atoms with Crippen LogP contribution < -0.4 is 10.6 Å². The first-order valence-electron chi connectivity index (χ1n) is 6.69. The quantitative estimate of drug-likeness (QED) is 0.689. The van der Waals surface area contributed by atoms with Gasteiger partial charge in [0, 0.05) is 24.9 Å². The summed E-state index contributed by atoms with van der Waals surface area (Å²) in [5.41, 5.74) is 0.209. The molecule has 2 amide bonds. The summed E-state index contributed by atoms with van der Waals surface area (Å²) in [5.74, 6) is 0. The van der Waals surface area contributed by atoms with Crippen LogP contribution in [0.15, 0.2) is 12.4 Å². The van der Waals surface area contributed by atoms with E-state index < -0.39 is 5.54 Å². The number of aliphatic hydroxyl groups is 1. The van der Waals surface area contributed by atoms with Crippen molar-refractivity contribution in [2.75, 3.05) is 32.6 Å². The first-order chi connectivity index (χ1) is 9.32. The smallest absolute Gasteiger partial charge is 0.319 e. The van der Waals surface area contributed by atoms with E-state index in [2.05, 4.69) is 20.6 Å². The van der Waals surface area contributed by atoms with Crippen molar-refractivity contribution < 1.29 is 9.90 Å². The molecule has 1 heterocycles. The van der Waals surface area contributed by atoms with Crippen LogP contribution in [-0.2, 0) is 6.54 Å². The topological polar surface area (TPSA) is 82.4 Å². The lowest BCUT2D eigenvalue weighted by molar-refractivity contribution is 0.218. The molecule has 114 valence electrons. The van der Waals surface area contributed by atoms with Crippen LogP contribution in [0.1, 0.15) is 20.3 Å². The Morgan fingerprint density at radius 1 is 1.50 bits per heavy atom. The first kappa shape index (κ1) is 16.5. The number of amides is 2. The number of aliphatic hydroxyl groups excluding tert-OH is 1. The van der Waals surface area contributed by atoms with E-state index >= 15 is 0 Å². The van der Waals surface area contributed by atoms with Crippen molar-refractivity contribution in [3.05, 3.63) is 12.4 Å². The molecule has 0 fully saturated rings. The number of hydrogen-bond acceptors (Lipinski definition) is 4. The maximum absolute atomic E-state index is 11.8. The second-order valence-electron chi connectivity index (χ2n) is 5.73. The van der Waals surface area contributed by atoms with E-state index in [0.717, 1.165) is 13.1 Å². The van der Waals surface area contributed by atoms with Gasteiger partial charge in [-0.05, 0) is 34.4 Å². The lowest BCUT2D eigenvalue weighted by Crippen LogP contribution is -2.46. The van der Waals surface area contributed by atoms with E-state index in [-0.39, 0.29) is 12.6 Å². The number of rotatable bonds is 7. The number of likely N-dealkylation sites (N-methyl/N-ethyl adjacent to an activating group) is 1. The van der Waals surface area contributed by atoms with Gasteiger partial charge in [0.1, 0.15) is 0 Å². The fourth-order valence-corrected chi connectivity index (χ4v) is 1.66. The minimum absolute atomic E-state index is 0.0374. The molecule has 0 aliphatic heterocycles. The molecule has 20 heavy (non-hydrogen) atoms. The van der Waals surface area contributed by atoms with E-state index in [4.69, 9.17) is 5.11 Å². The molecule has 0 spiro atoms. The van der Waals surface area contributed by atoms with Crippen LogP contribution in [0.2, 0.25) is 0 Å². The van der Waals surface area contributed by atoms with Crippen LogP contribution in [0, 0.1) is 0 Å². The Morgan fingerprint density at radius 3 is 2.80 bits per heavy atom. The largest absolute Gasteiger partial charge is 0.396 e. The summed E-state index contributed by atoms with van der Waals surface area (Å²) >= 11 is 0. The molecule has 7 heteroatoms. The molecule has 0 saturated heterocycles. The number of nitrogens with zero attached hydrogens (tertiary/aromatic N) is 3. The molecule has 1 aromatic rings. The van der Waals surface area contributed by atoms with Gasteiger partial charge in [-0.3, -0.25) is 4.68 Å². The predicted molar refractivity (Wildman–Crippen MR) is 78.7 cm³/mol. The molecule has 1 aromatic heterocycles. The summed E-state index contributed by atoms with van der Waals surface area (Å²) in [5, 5.41) is 18.6. The average molecular weight is 283 g/mol. The van der Waals surface area contributed by atoms with Crippen LogP contribution in [0.25, 0.3) is 0 Å². The number of carbonyl (C=O) groups is 1. The van der Waals surface area contributed by atoms with E-state index in [1.165, 1.54) is 0 Å². The molecule has 0 aliphatic rings. The molecule has 0 saturated carbocycles. The lowest BCUT2D eigenvalue weighted by Gasteiger charge is -2.25. The Kier molecular flexibility index (Phi) is 5.97. The SMILES string of the molecule is CN(C)CCn1cc(NC(=O)NC(C)(C)CCO)cn1. The number of aromatic nitrogens is 2. The third-order valence-corrected chi connectivity index (χ3v) is 2.86. The average Bonchev–Trinajstić information content (AvgIpc) is 2.72. The van der Waals surface area contributed by atoms with Crippen LogP contribution in [0.4, 0.5) is 10.5 Å². The minimum atomic E-state index is -0.445. The van der Waals surface area contributed by atoms with Gasteiger partial charge in [0.2, 0.25) is 0 Å². The van der Waals surface area contributed by atoms with Crippen LogP contribution in [0.5, 0.6) is 0 Å². The number of carbonyl (C=O) groups excluding carboxylic acids is 1. The van der Waals surface area contributed by atoms with Gasteiger partial charge in [-0.2, -0.15) is 5.10 Å². The predicted octanol–water partition coefficient (Wildman–Crippen LogP) is 0.727. The lowest BCUT2D eigenvalue weighted by atomic mass is 10.0. The highest BCUT2D eigenvalue weighted by Gasteiger charge is 2.19. The number of urea groups is 1. The van der Waals surface area contributed by atoms with E-state index in [1.54, 1.807) is 17.1 Å². The molecule has 3 N–H and O–H groups in total. The van der Waals surface area contributed by atoms with Gasteiger partial charge in [0.15, 0.2) is 0 Å². The van der Waals surface area contributed by atoms with Gasteiger partial charge in [-0.1, -0.05) is 0 Å². The van der Waals surface area contributed by atoms with Gasteiger partial charge in [0.25, 0.3) is 0 Å². The molecule has 0 radical (unpaired) electrons. The summed E-state index contributed by atoms with van der Waals surface area (Å²) in [6.07, 6.45) is 3.92. The normalized spacial score (nSPS) is 11.7. The highest BCUT2D eigenvalue weighted by atomic mass is 16.3. The minimum Gasteiger partial charge on any atom is -0.396 e. The van der Waals surface area contributed by atoms with Crippen LogP contribution in [-0.4, -0.2) is 58.6 Å². The van der Waals surface area contributed by atoms with Gasteiger partial charge in [-0.15, -0.1) is 0 Å². The summed E-state index contributed by atoms with van der Waals surface area (Å²) in [4.78, 5) is 13.9. The zero-order valence-corrected chi connectivity index (χ0v) is 12.7. The Bertz CT molecular complexity index is 428. The monoisotopic (exact) mass is 283 g/mol. The first-order valence-corrected chi connectivity index (χ1v) is 6.69. The van der Waals surface area contributed by atoms with Crippen LogP contribution in [0.3, 0.4) is 0 Å². The summed E-state index contributed by atoms with van der Waals surface area (Å²) < 4.78 is 1.79. The fraction of sp³-hybridized carbons (Fsp3) is 0.692. The van der Waals surface area contributed by atoms with Gasteiger partial charge in [0.05, 0.1) is 18.4 Å². The molecule has 0 atom stereocenters. The Balaban J connectivity index is 2.46. The summed E-state index contributed by atoms with van der Waals surface area (Å²) in [7, 11) is 4.00. The summed E-state index contributed by atoms with van der Waals surface area (Å²) in [6.45, 7) is 5.42. The van der Waals surface area contributed by atoms with Crippen LogP contribution >= 0.6 is 0 Å². The maximum atomic E-state index is 11.8. The fourth-order valence-electron chi connectivity index (χ4n) is 1.66. The number of nitrogens with one attached hydrogen (secondary N) is 2. The molecule has 0 unspecified atom stereocenters. The standard InChI is InChI=1S/C13H25N5O2/c1-13(2,5-8-19)16-12(20)15-11-9-14-18(10-11)7-6-17(3)4/h9-10,19H,5-8H2,1-4H3,(H2,15,16,20). The Hall–Kier alpha value is -1.60. The summed E-state index contributed by atoms with van der Waals surface area (Å²) in [6, 6.07) is -0.296.